The standard InChI is InChI=1S/C20H16N4O5/c1-10-15-16(20(22-10)13-7-2-3-8-14(13)21-19(20)27)18(26)23(17(15)25)11-5-4-6-12(9-11)24(28)29/h2-10,15-16,22H,1H3,(H,21,27). The number of hydrogen-bond donors (Lipinski definition) is 2. The van der Waals surface area contributed by atoms with Crippen molar-refractivity contribution >= 4 is 34.8 Å². The van der Waals surface area contributed by atoms with Crippen molar-refractivity contribution in [1.29, 1.82) is 0 Å². The first kappa shape index (κ1) is 17.5. The summed E-state index contributed by atoms with van der Waals surface area (Å²) in [6.07, 6.45) is 0. The van der Waals surface area contributed by atoms with Crippen LogP contribution in [0.5, 0.6) is 0 Å². The predicted molar refractivity (Wildman–Crippen MR) is 102 cm³/mol. The lowest BCUT2D eigenvalue weighted by atomic mass is 9.76. The molecule has 3 aliphatic rings. The van der Waals surface area contributed by atoms with Crippen LogP contribution in [-0.4, -0.2) is 28.7 Å². The number of nitro groups is 1. The number of anilines is 2. The Hall–Kier alpha value is -3.59. The fraction of sp³-hybridized carbons (Fsp3) is 0.250. The van der Waals surface area contributed by atoms with Crippen LogP contribution in [0.15, 0.2) is 48.5 Å². The number of carbonyl (C=O) groups excluding carboxylic acids is 3. The zero-order valence-electron chi connectivity index (χ0n) is 15.3. The van der Waals surface area contributed by atoms with Crippen LogP contribution in [0.4, 0.5) is 17.1 Å². The molecule has 4 atom stereocenters. The van der Waals surface area contributed by atoms with E-state index in [9.17, 15) is 24.5 Å². The largest absolute Gasteiger partial charge is 0.324 e. The molecule has 2 fully saturated rings. The molecule has 0 aliphatic carbocycles. The summed E-state index contributed by atoms with van der Waals surface area (Å²) in [4.78, 5) is 51.2. The van der Waals surface area contributed by atoms with Crippen molar-refractivity contribution < 1.29 is 19.3 Å². The predicted octanol–water partition coefficient (Wildman–Crippen LogP) is 1.54. The maximum Gasteiger partial charge on any atom is 0.271 e. The van der Waals surface area contributed by atoms with Gasteiger partial charge in [0.15, 0.2) is 0 Å². The SMILES string of the molecule is CC1NC2(C(=O)Nc3ccccc32)C2C(=O)N(c3cccc([N+](=O)[O-])c3)C(=O)C12. The van der Waals surface area contributed by atoms with Gasteiger partial charge in [0, 0.05) is 29.4 Å². The lowest BCUT2D eigenvalue weighted by molar-refractivity contribution is -0.384. The summed E-state index contributed by atoms with van der Waals surface area (Å²) in [6.45, 7) is 1.77. The number of nitrogens with zero attached hydrogens (tertiary/aromatic N) is 2. The molecule has 3 aliphatic heterocycles. The quantitative estimate of drug-likeness (QED) is 0.454. The molecule has 0 saturated carbocycles. The smallest absolute Gasteiger partial charge is 0.271 e. The van der Waals surface area contributed by atoms with Gasteiger partial charge in [-0.1, -0.05) is 24.3 Å². The van der Waals surface area contributed by atoms with Gasteiger partial charge in [0.1, 0.15) is 5.54 Å². The molecule has 9 heteroatoms. The zero-order chi connectivity index (χ0) is 20.5. The van der Waals surface area contributed by atoms with E-state index in [1.165, 1.54) is 24.3 Å². The molecule has 1 spiro atoms. The number of nitrogens with one attached hydrogen (secondary N) is 2. The highest BCUT2D eigenvalue weighted by atomic mass is 16.6. The minimum absolute atomic E-state index is 0.137. The van der Waals surface area contributed by atoms with Crippen molar-refractivity contribution in [2.75, 3.05) is 10.2 Å². The number of para-hydroxylation sites is 1. The summed E-state index contributed by atoms with van der Waals surface area (Å²) in [6, 6.07) is 12.0. The van der Waals surface area contributed by atoms with E-state index < -0.39 is 40.2 Å². The van der Waals surface area contributed by atoms with Gasteiger partial charge in [-0.05, 0) is 19.1 Å². The maximum atomic E-state index is 13.5. The monoisotopic (exact) mass is 392 g/mol. The second kappa shape index (κ2) is 5.71. The molecule has 0 bridgehead atoms. The van der Waals surface area contributed by atoms with Crippen molar-refractivity contribution in [3.63, 3.8) is 0 Å². The summed E-state index contributed by atoms with van der Waals surface area (Å²) >= 11 is 0. The van der Waals surface area contributed by atoms with E-state index in [2.05, 4.69) is 10.6 Å². The number of carbonyl (C=O) groups is 3. The lowest BCUT2D eigenvalue weighted by Crippen LogP contribution is -2.53. The summed E-state index contributed by atoms with van der Waals surface area (Å²) in [5, 5.41) is 17.1. The second-order valence-corrected chi connectivity index (χ2v) is 7.53. The Balaban J connectivity index is 1.64. The first-order chi connectivity index (χ1) is 13.9. The average Bonchev–Trinajstić information content (AvgIpc) is 3.26. The van der Waals surface area contributed by atoms with Crippen LogP contribution in [0.25, 0.3) is 0 Å². The Morgan fingerprint density at radius 3 is 2.59 bits per heavy atom. The number of rotatable bonds is 2. The van der Waals surface area contributed by atoms with Crippen LogP contribution < -0.4 is 15.5 Å². The molecular weight excluding hydrogens is 376 g/mol. The van der Waals surface area contributed by atoms with Gasteiger partial charge < -0.3 is 5.32 Å². The highest BCUT2D eigenvalue weighted by Gasteiger charge is 2.69. The second-order valence-electron chi connectivity index (χ2n) is 7.53. The normalized spacial score (nSPS) is 29.9. The van der Waals surface area contributed by atoms with E-state index in [0.717, 1.165) is 4.90 Å². The molecular formula is C20H16N4O5. The van der Waals surface area contributed by atoms with Crippen LogP contribution in [0.1, 0.15) is 12.5 Å². The van der Waals surface area contributed by atoms with Crippen molar-refractivity contribution in [1.82, 2.24) is 5.32 Å². The number of nitro benzene ring substituents is 1. The highest BCUT2D eigenvalue weighted by molar-refractivity contribution is 6.25. The van der Waals surface area contributed by atoms with Crippen LogP contribution in [0.2, 0.25) is 0 Å². The summed E-state index contributed by atoms with van der Waals surface area (Å²) in [7, 11) is 0. The van der Waals surface area contributed by atoms with Gasteiger partial charge in [-0.15, -0.1) is 0 Å². The Morgan fingerprint density at radius 1 is 1.07 bits per heavy atom. The zero-order valence-corrected chi connectivity index (χ0v) is 15.3. The van der Waals surface area contributed by atoms with Gasteiger partial charge in [-0.25, -0.2) is 4.90 Å². The van der Waals surface area contributed by atoms with Crippen LogP contribution in [0.3, 0.4) is 0 Å². The van der Waals surface area contributed by atoms with Crippen LogP contribution in [0, 0.1) is 22.0 Å². The Bertz CT molecular complexity index is 1120. The Kier molecular flexibility index (Phi) is 3.45. The highest BCUT2D eigenvalue weighted by Crippen LogP contribution is 2.53. The fourth-order valence-corrected chi connectivity index (χ4v) is 4.92. The molecule has 2 aromatic rings. The number of imide groups is 1. The molecule has 146 valence electrons. The van der Waals surface area contributed by atoms with Gasteiger partial charge >= 0.3 is 0 Å². The third-order valence-electron chi connectivity index (χ3n) is 6.07. The van der Waals surface area contributed by atoms with Crippen molar-refractivity contribution in [3.05, 3.63) is 64.2 Å². The first-order valence-electron chi connectivity index (χ1n) is 9.17. The molecule has 3 amide bonds. The number of amides is 3. The van der Waals surface area contributed by atoms with E-state index in [0.29, 0.717) is 11.3 Å². The lowest BCUT2D eigenvalue weighted by Gasteiger charge is -2.29. The fourth-order valence-electron chi connectivity index (χ4n) is 4.92. The van der Waals surface area contributed by atoms with Gasteiger partial charge in [0.2, 0.25) is 17.7 Å². The molecule has 0 radical (unpaired) electrons. The first-order valence-corrected chi connectivity index (χ1v) is 9.17. The van der Waals surface area contributed by atoms with E-state index >= 15 is 0 Å². The van der Waals surface area contributed by atoms with Gasteiger partial charge in [0.05, 0.1) is 22.4 Å². The topological polar surface area (TPSA) is 122 Å². The van der Waals surface area contributed by atoms with E-state index in [-0.39, 0.29) is 17.3 Å². The van der Waals surface area contributed by atoms with Crippen molar-refractivity contribution in [2.45, 2.75) is 18.5 Å². The van der Waals surface area contributed by atoms with Crippen LogP contribution >= 0.6 is 0 Å². The Labute approximate surface area is 164 Å². The molecule has 0 aromatic heterocycles. The molecule has 9 nitrogen and oxygen atoms in total. The molecule has 29 heavy (non-hydrogen) atoms. The molecule has 2 N–H and O–H groups in total. The van der Waals surface area contributed by atoms with E-state index in [1.807, 2.05) is 0 Å². The Morgan fingerprint density at radius 2 is 1.83 bits per heavy atom. The third kappa shape index (κ3) is 2.10. The number of benzene rings is 2. The van der Waals surface area contributed by atoms with Gasteiger partial charge in [-0.3, -0.25) is 29.8 Å². The molecule has 4 unspecified atom stereocenters. The summed E-state index contributed by atoms with van der Waals surface area (Å²) in [5.74, 6) is -3.06. The number of hydrogen-bond acceptors (Lipinski definition) is 6. The van der Waals surface area contributed by atoms with E-state index in [1.54, 1.807) is 31.2 Å². The third-order valence-corrected chi connectivity index (χ3v) is 6.07. The van der Waals surface area contributed by atoms with Crippen molar-refractivity contribution in [2.24, 2.45) is 11.8 Å². The van der Waals surface area contributed by atoms with E-state index in [4.69, 9.17) is 0 Å². The minimum Gasteiger partial charge on any atom is -0.324 e. The van der Waals surface area contributed by atoms with Crippen LogP contribution in [-0.2, 0) is 19.9 Å². The van der Waals surface area contributed by atoms with Gasteiger partial charge in [-0.2, -0.15) is 0 Å². The molecule has 2 saturated heterocycles. The number of non-ortho nitro benzene ring substituents is 1. The average molecular weight is 392 g/mol. The minimum atomic E-state index is -1.34. The molecule has 2 aromatic carbocycles. The summed E-state index contributed by atoms with van der Waals surface area (Å²) < 4.78 is 0. The van der Waals surface area contributed by atoms with Crippen molar-refractivity contribution in [3.8, 4) is 0 Å². The summed E-state index contributed by atoms with van der Waals surface area (Å²) in [5.41, 5.74) is -0.191. The molecule has 5 rings (SSSR count). The maximum absolute atomic E-state index is 13.5. The molecule has 3 heterocycles. The van der Waals surface area contributed by atoms with Gasteiger partial charge in [0.25, 0.3) is 5.69 Å². The number of fused-ring (bicyclic) bond motifs is 4.